The van der Waals surface area contributed by atoms with Gasteiger partial charge in [0, 0.05) is 5.92 Å². The molecule has 1 N–H and O–H groups in total. The van der Waals surface area contributed by atoms with E-state index in [1.54, 1.807) is 12.1 Å². The Bertz CT molecular complexity index is 1330. The summed E-state index contributed by atoms with van der Waals surface area (Å²) >= 11 is 0. The average Bonchev–Trinajstić information content (AvgIpc) is 3.19. The first-order valence-corrected chi connectivity index (χ1v) is 12.3. The van der Waals surface area contributed by atoms with Crippen molar-refractivity contribution in [1.29, 1.82) is 0 Å². The van der Waals surface area contributed by atoms with Crippen molar-refractivity contribution >= 4 is 27.3 Å². The SMILES string of the molecule is Cc1ccc(C)c(NS(=O)(=O)c2ccc3c(c2)N(Cc2noc(C4CCC4)n2)C(=O)CO3)c1. The number of benzene rings is 2. The highest BCUT2D eigenvalue weighted by atomic mass is 32.2. The molecule has 2 aromatic carbocycles. The summed E-state index contributed by atoms with van der Waals surface area (Å²) in [7, 11) is -3.90. The minimum Gasteiger partial charge on any atom is -0.482 e. The minimum atomic E-state index is -3.90. The van der Waals surface area contributed by atoms with E-state index in [1.807, 2.05) is 26.0 Å². The van der Waals surface area contributed by atoms with Crippen LogP contribution in [0, 0.1) is 13.8 Å². The molecule has 1 aromatic heterocycles. The number of amides is 1. The Morgan fingerprint density at radius 1 is 1.15 bits per heavy atom. The quantitative estimate of drug-likeness (QED) is 0.587. The molecule has 0 spiro atoms. The van der Waals surface area contributed by atoms with Gasteiger partial charge in [-0.25, -0.2) is 8.42 Å². The Morgan fingerprint density at radius 3 is 2.73 bits per heavy atom. The van der Waals surface area contributed by atoms with E-state index in [2.05, 4.69) is 14.9 Å². The maximum Gasteiger partial charge on any atom is 0.265 e. The Labute approximate surface area is 191 Å². The van der Waals surface area contributed by atoms with Crippen LogP contribution in [0.15, 0.2) is 45.8 Å². The highest BCUT2D eigenvalue weighted by molar-refractivity contribution is 7.92. The summed E-state index contributed by atoms with van der Waals surface area (Å²) in [6.07, 6.45) is 3.19. The number of sulfonamides is 1. The molecule has 3 aromatic rings. The van der Waals surface area contributed by atoms with E-state index in [0.29, 0.717) is 28.8 Å². The molecule has 0 saturated heterocycles. The Kier molecular flexibility index (Phi) is 5.32. The van der Waals surface area contributed by atoms with Crippen molar-refractivity contribution in [3.05, 3.63) is 59.2 Å². The van der Waals surface area contributed by atoms with Crippen LogP contribution in [0.25, 0.3) is 0 Å². The topological polar surface area (TPSA) is 115 Å². The van der Waals surface area contributed by atoms with E-state index in [0.717, 1.165) is 30.4 Å². The molecular formula is C23H24N4O5S. The molecule has 0 radical (unpaired) electrons. The zero-order chi connectivity index (χ0) is 23.2. The van der Waals surface area contributed by atoms with Crippen LogP contribution in [0.1, 0.15) is 48.0 Å². The number of hydrogen-bond donors (Lipinski definition) is 1. The fourth-order valence-corrected chi connectivity index (χ4v) is 5.01. The first-order valence-electron chi connectivity index (χ1n) is 10.8. The maximum atomic E-state index is 13.1. The first kappa shape index (κ1) is 21.4. The number of nitrogens with zero attached hydrogens (tertiary/aromatic N) is 3. The zero-order valence-corrected chi connectivity index (χ0v) is 19.2. The Hall–Kier alpha value is -3.40. The van der Waals surface area contributed by atoms with Crippen LogP contribution in [0.4, 0.5) is 11.4 Å². The van der Waals surface area contributed by atoms with Crippen LogP contribution >= 0.6 is 0 Å². The number of aromatic nitrogens is 2. The fraction of sp³-hybridized carbons (Fsp3) is 0.348. The fourth-order valence-electron chi connectivity index (χ4n) is 3.87. The van der Waals surface area contributed by atoms with Gasteiger partial charge in [-0.15, -0.1) is 0 Å². The first-order chi connectivity index (χ1) is 15.8. The van der Waals surface area contributed by atoms with Crippen molar-refractivity contribution in [2.24, 2.45) is 0 Å². The van der Waals surface area contributed by atoms with Gasteiger partial charge in [-0.2, -0.15) is 4.98 Å². The van der Waals surface area contributed by atoms with Crippen LogP contribution in [-0.4, -0.2) is 31.1 Å². The number of rotatable bonds is 6. The molecule has 1 aliphatic carbocycles. The van der Waals surface area contributed by atoms with Gasteiger partial charge in [-0.1, -0.05) is 23.7 Å². The Morgan fingerprint density at radius 2 is 1.97 bits per heavy atom. The van der Waals surface area contributed by atoms with Crippen molar-refractivity contribution in [2.75, 3.05) is 16.2 Å². The van der Waals surface area contributed by atoms with Crippen LogP contribution in [0.2, 0.25) is 0 Å². The van der Waals surface area contributed by atoms with Gasteiger partial charge in [-0.05, 0) is 62.1 Å². The van der Waals surface area contributed by atoms with Crippen molar-refractivity contribution < 1.29 is 22.5 Å². The number of carbonyl (C=O) groups excluding carboxylic acids is 1. The predicted molar refractivity (Wildman–Crippen MR) is 121 cm³/mol. The summed E-state index contributed by atoms with van der Waals surface area (Å²) in [6.45, 7) is 3.65. The van der Waals surface area contributed by atoms with E-state index >= 15 is 0 Å². The van der Waals surface area contributed by atoms with E-state index in [1.165, 1.54) is 17.0 Å². The van der Waals surface area contributed by atoms with Crippen molar-refractivity contribution in [2.45, 2.75) is 50.5 Å². The molecule has 2 aliphatic rings. The summed E-state index contributed by atoms with van der Waals surface area (Å²) in [5.74, 6) is 1.36. The lowest BCUT2D eigenvalue weighted by atomic mass is 9.85. The van der Waals surface area contributed by atoms with E-state index < -0.39 is 10.0 Å². The second kappa shape index (κ2) is 8.18. The van der Waals surface area contributed by atoms with Crippen molar-refractivity contribution in [3.63, 3.8) is 0 Å². The second-order valence-corrected chi connectivity index (χ2v) is 10.2. The largest absolute Gasteiger partial charge is 0.482 e. The molecule has 0 bridgehead atoms. The average molecular weight is 469 g/mol. The molecule has 1 fully saturated rings. The molecule has 0 atom stereocenters. The number of nitrogens with one attached hydrogen (secondary N) is 1. The van der Waals surface area contributed by atoms with E-state index in [4.69, 9.17) is 9.26 Å². The smallest absolute Gasteiger partial charge is 0.265 e. The summed E-state index contributed by atoms with van der Waals surface area (Å²) < 4.78 is 39.8. The summed E-state index contributed by atoms with van der Waals surface area (Å²) in [4.78, 5) is 18.5. The molecule has 172 valence electrons. The number of carbonyl (C=O) groups is 1. The Balaban J connectivity index is 1.44. The van der Waals surface area contributed by atoms with Gasteiger partial charge in [0.25, 0.3) is 15.9 Å². The highest BCUT2D eigenvalue weighted by Crippen LogP contribution is 2.37. The molecule has 5 rings (SSSR count). The normalized spacial score (nSPS) is 16.2. The monoisotopic (exact) mass is 468 g/mol. The molecule has 0 unspecified atom stereocenters. The van der Waals surface area contributed by atoms with Crippen molar-refractivity contribution in [1.82, 2.24) is 10.1 Å². The maximum absolute atomic E-state index is 13.1. The summed E-state index contributed by atoms with van der Waals surface area (Å²) in [5, 5.41) is 4.01. The number of aryl methyl sites for hydroxylation is 2. The van der Waals surface area contributed by atoms with E-state index in [9.17, 15) is 13.2 Å². The van der Waals surface area contributed by atoms with Crippen LogP contribution < -0.4 is 14.4 Å². The second-order valence-electron chi connectivity index (χ2n) is 8.50. The summed E-state index contributed by atoms with van der Waals surface area (Å²) in [5.41, 5.74) is 2.61. The van der Waals surface area contributed by atoms with E-state index in [-0.39, 0.29) is 29.9 Å². The molecular weight excluding hydrogens is 444 g/mol. The summed E-state index contributed by atoms with van der Waals surface area (Å²) in [6, 6.07) is 10.0. The standard InChI is InChI=1S/C23H24N4O5S/c1-14-6-7-15(2)18(10-14)26-33(29,30)17-8-9-20-19(11-17)27(22(28)13-31-20)12-21-24-23(32-25-21)16-4-3-5-16/h6-11,16,26H,3-5,12-13H2,1-2H3. The van der Waals surface area contributed by atoms with Gasteiger partial charge in [0.2, 0.25) is 5.89 Å². The molecule has 1 amide bonds. The number of anilines is 2. The molecule has 1 aliphatic heterocycles. The minimum absolute atomic E-state index is 0.0220. The van der Waals surface area contributed by atoms with Crippen molar-refractivity contribution in [3.8, 4) is 5.75 Å². The third-order valence-electron chi connectivity index (χ3n) is 6.06. The lowest BCUT2D eigenvalue weighted by Gasteiger charge is -2.28. The van der Waals surface area contributed by atoms with Gasteiger partial charge < -0.3 is 9.26 Å². The lowest BCUT2D eigenvalue weighted by Crippen LogP contribution is -2.38. The van der Waals surface area contributed by atoms with Crippen LogP contribution in [-0.2, 0) is 21.4 Å². The molecule has 10 heteroatoms. The van der Waals surface area contributed by atoms with Crippen LogP contribution in [0.3, 0.4) is 0 Å². The molecule has 9 nitrogen and oxygen atoms in total. The van der Waals surface area contributed by atoms with Gasteiger partial charge >= 0.3 is 0 Å². The number of fused-ring (bicyclic) bond motifs is 1. The number of ether oxygens (including phenoxy) is 1. The highest BCUT2D eigenvalue weighted by Gasteiger charge is 2.31. The van der Waals surface area contributed by atoms with Gasteiger partial charge in [0.1, 0.15) is 5.75 Å². The van der Waals surface area contributed by atoms with Gasteiger partial charge in [-0.3, -0.25) is 14.4 Å². The molecule has 33 heavy (non-hydrogen) atoms. The molecule has 2 heterocycles. The third kappa shape index (κ3) is 4.18. The van der Waals surface area contributed by atoms with Crippen LogP contribution in [0.5, 0.6) is 5.75 Å². The van der Waals surface area contributed by atoms with Gasteiger partial charge in [0.15, 0.2) is 12.4 Å². The number of hydrogen-bond acceptors (Lipinski definition) is 7. The van der Waals surface area contributed by atoms with Gasteiger partial charge in [0.05, 0.1) is 22.8 Å². The lowest BCUT2D eigenvalue weighted by molar-refractivity contribution is -0.121. The third-order valence-corrected chi connectivity index (χ3v) is 7.42. The zero-order valence-electron chi connectivity index (χ0n) is 18.4. The predicted octanol–water partition coefficient (Wildman–Crippen LogP) is 3.68. The molecule has 1 saturated carbocycles.